The van der Waals surface area contributed by atoms with Gasteiger partial charge in [-0.2, -0.15) is 0 Å². The van der Waals surface area contributed by atoms with Crippen molar-refractivity contribution in [2.45, 2.75) is 20.8 Å². The molecule has 15 heavy (non-hydrogen) atoms. The zero-order valence-electron chi connectivity index (χ0n) is 9.57. The van der Waals surface area contributed by atoms with Crippen molar-refractivity contribution in [3.63, 3.8) is 0 Å². The summed E-state index contributed by atoms with van der Waals surface area (Å²) in [6.07, 6.45) is 1.11. The third kappa shape index (κ3) is 8.67. The van der Waals surface area contributed by atoms with Gasteiger partial charge in [-0.05, 0) is 6.92 Å². The Bertz CT molecular complexity index is 234. The van der Waals surface area contributed by atoms with Gasteiger partial charge < -0.3 is 4.74 Å². The SMILES string of the molecule is C=CC(=O)OC.CCN(C(C)=O)C(C)=O. The molecular formula is C10H17NO4. The molecule has 0 spiro atoms. The lowest BCUT2D eigenvalue weighted by molar-refractivity contribution is -0.141. The van der Waals surface area contributed by atoms with Crippen LogP contribution in [-0.2, 0) is 19.1 Å². The molecule has 5 nitrogen and oxygen atoms in total. The number of carbonyl (C=O) groups is 3. The maximum atomic E-state index is 10.5. The zero-order valence-corrected chi connectivity index (χ0v) is 9.57. The van der Waals surface area contributed by atoms with Gasteiger partial charge in [0, 0.05) is 26.5 Å². The van der Waals surface area contributed by atoms with Crippen LogP contribution in [0.4, 0.5) is 0 Å². The zero-order chi connectivity index (χ0) is 12.4. The standard InChI is InChI=1S/C6H11NO2.C4H6O2/c1-4-7(5(2)8)6(3)9;1-3-4(5)6-2/h4H2,1-3H3;3H,1H2,2H3. The van der Waals surface area contributed by atoms with Gasteiger partial charge in [0.15, 0.2) is 0 Å². The van der Waals surface area contributed by atoms with E-state index in [4.69, 9.17) is 0 Å². The Morgan fingerprint density at radius 1 is 1.27 bits per heavy atom. The van der Waals surface area contributed by atoms with Gasteiger partial charge in [-0.25, -0.2) is 4.79 Å². The molecule has 0 aliphatic heterocycles. The molecule has 0 rings (SSSR count). The third-order valence-corrected chi connectivity index (χ3v) is 1.44. The van der Waals surface area contributed by atoms with Crippen molar-refractivity contribution in [1.29, 1.82) is 0 Å². The molecule has 0 saturated heterocycles. The monoisotopic (exact) mass is 215 g/mol. The first-order valence-corrected chi connectivity index (χ1v) is 4.39. The van der Waals surface area contributed by atoms with Crippen molar-refractivity contribution in [2.75, 3.05) is 13.7 Å². The largest absolute Gasteiger partial charge is 0.466 e. The van der Waals surface area contributed by atoms with E-state index in [1.807, 2.05) is 0 Å². The first-order chi connectivity index (χ1) is 6.90. The predicted octanol–water partition coefficient (Wildman–Crippen LogP) is 0.747. The highest BCUT2D eigenvalue weighted by Gasteiger charge is 2.08. The predicted molar refractivity (Wildman–Crippen MR) is 56.0 cm³/mol. The van der Waals surface area contributed by atoms with Crippen LogP contribution in [0, 0.1) is 0 Å². The number of rotatable bonds is 2. The molecule has 86 valence electrons. The summed E-state index contributed by atoms with van der Waals surface area (Å²) in [6.45, 7) is 8.15. The Kier molecular flexibility index (Phi) is 9.41. The van der Waals surface area contributed by atoms with E-state index in [9.17, 15) is 14.4 Å². The molecule has 0 aromatic rings. The van der Waals surface area contributed by atoms with Crippen LogP contribution in [-0.4, -0.2) is 36.3 Å². The molecule has 0 aliphatic carbocycles. The van der Waals surface area contributed by atoms with Crippen LogP contribution in [0.15, 0.2) is 12.7 Å². The smallest absolute Gasteiger partial charge is 0.329 e. The first-order valence-electron chi connectivity index (χ1n) is 4.39. The molecule has 0 saturated carbocycles. The molecule has 0 atom stereocenters. The Balaban J connectivity index is 0. The minimum Gasteiger partial charge on any atom is -0.466 e. The number of hydrogen-bond donors (Lipinski definition) is 0. The summed E-state index contributed by atoms with van der Waals surface area (Å²) >= 11 is 0. The van der Waals surface area contributed by atoms with Gasteiger partial charge in [0.2, 0.25) is 11.8 Å². The van der Waals surface area contributed by atoms with E-state index in [1.54, 1.807) is 6.92 Å². The van der Waals surface area contributed by atoms with Crippen molar-refractivity contribution in [3.8, 4) is 0 Å². The van der Waals surface area contributed by atoms with Gasteiger partial charge in [0.05, 0.1) is 7.11 Å². The van der Waals surface area contributed by atoms with Crippen molar-refractivity contribution >= 4 is 17.8 Å². The molecule has 0 heterocycles. The van der Waals surface area contributed by atoms with E-state index in [2.05, 4.69) is 11.3 Å². The highest BCUT2D eigenvalue weighted by molar-refractivity contribution is 5.92. The quantitative estimate of drug-likeness (QED) is 0.503. The fourth-order valence-electron chi connectivity index (χ4n) is 0.750. The molecule has 0 aliphatic rings. The summed E-state index contributed by atoms with van der Waals surface area (Å²) in [5, 5.41) is 0. The summed E-state index contributed by atoms with van der Waals surface area (Å²) in [4.78, 5) is 32.1. The van der Waals surface area contributed by atoms with Crippen molar-refractivity contribution < 1.29 is 19.1 Å². The fraction of sp³-hybridized carbons (Fsp3) is 0.500. The van der Waals surface area contributed by atoms with Gasteiger partial charge in [-0.15, -0.1) is 0 Å². The summed E-state index contributed by atoms with van der Waals surface area (Å²) in [7, 11) is 1.31. The summed E-state index contributed by atoms with van der Waals surface area (Å²) in [5.74, 6) is -0.773. The second kappa shape index (κ2) is 8.93. The van der Waals surface area contributed by atoms with Crippen molar-refractivity contribution in [2.24, 2.45) is 0 Å². The second-order valence-corrected chi connectivity index (χ2v) is 2.51. The highest BCUT2D eigenvalue weighted by Crippen LogP contribution is 1.87. The van der Waals surface area contributed by atoms with E-state index in [0.717, 1.165) is 6.08 Å². The lowest BCUT2D eigenvalue weighted by Crippen LogP contribution is -2.32. The maximum absolute atomic E-state index is 10.5. The first kappa shape index (κ1) is 15.8. The summed E-state index contributed by atoms with van der Waals surface area (Å²) in [5.41, 5.74) is 0. The lowest BCUT2D eigenvalue weighted by atomic mass is 10.5. The Hall–Kier alpha value is -1.65. The average Bonchev–Trinajstić information content (AvgIpc) is 2.17. The van der Waals surface area contributed by atoms with Crippen LogP contribution >= 0.6 is 0 Å². The number of esters is 1. The molecule has 0 bridgehead atoms. The normalized spacial score (nSPS) is 8.00. The number of imide groups is 1. The molecule has 0 N–H and O–H groups in total. The van der Waals surface area contributed by atoms with E-state index in [0.29, 0.717) is 6.54 Å². The number of carbonyl (C=O) groups excluding carboxylic acids is 3. The molecule has 2 amide bonds. The van der Waals surface area contributed by atoms with Gasteiger partial charge in [0.25, 0.3) is 0 Å². The van der Waals surface area contributed by atoms with Crippen LogP contribution in [0.1, 0.15) is 20.8 Å². The third-order valence-electron chi connectivity index (χ3n) is 1.44. The number of nitrogens with zero attached hydrogens (tertiary/aromatic N) is 1. The number of methoxy groups -OCH3 is 1. The number of hydrogen-bond acceptors (Lipinski definition) is 4. The highest BCUT2D eigenvalue weighted by atomic mass is 16.5. The summed E-state index contributed by atoms with van der Waals surface area (Å²) < 4.78 is 4.14. The molecule has 0 fully saturated rings. The van der Waals surface area contributed by atoms with E-state index < -0.39 is 5.97 Å². The van der Waals surface area contributed by atoms with E-state index in [-0.39, 0.29) is 11.8 Å². The number of amides is 2. The molecule has 5 heteroatoms. The molecule has 0 aromatic carbocycles. The van der Waals surface area contributed by atoms with Gasteiger partial charge in [-0.3, -0.25) is 14.5 Å². The van der Waals surface area contributed by atoms with Gasteiger partial charge in [-0.1, -0.05) is 6.58 Å². The Morgan fingerprint density at radius 3 is 1.67 bits per heavy atom. The van der Waals surface area contributed by atoms with Crippen LogP contribution in [0.25, 0.3) is 0 Å². The topological polar surface area (TPSA) is 63.7 Å². The minimum absolute atomic E-state index is 0.190. The summed E-state index contributed by atoms with van der Waals surface area (Å²) in [6, 6.07) is 0. The van der Waals surface area contributed by atoms with Crippen LogP contribution in [0.2, 0.25) is 0 Å². The van der Waals surface area contributed by atoms with E-state index >= 15 is 0 Å². The van der Waals surface area contributed by atoms with Crippen molar-refractivity contribution in [3.05, 3.63) is 12.7 Å². The molecule has 0 unspecified atom stereocenters. The van der Waals surface area contributed by atoms with Gasteiger partial charge in [0.1, 0.15) is 0 Å². The second-order valence-electron chi connectivity index (χ2n) is 2.51. The molecular weight excluding hydrogens is 198 g/mol. The Labute approximate surface area is 89.7 Å². The van der Waals surface area contributed by atoms with Crippen LogP contribution in [0.3, 0.4) is 0 Å². The maximum Gasteiger partial charge on any atom is 0.329 e. The van der Waals surface area contributed by atoms with Gasteiger partial charge >= 0.3 is 5.97 Å². The van der Waals surface area contributed by atoms with Crippen LogP contribution in [0.5, 0.6) is 0 Å². The lowest BCUT2D eigenvalue weighted by Gasteiger charge is -2.12. The molecule has 0 aromatic heterocycles. The Morgan fingerprint density at radius 2 is 1.67 bits per heavy atom. The van der Waals surface area contributed by atoms with E-state index in [1.165, 1.54) is 25.9 Å². The fourth-order valence-corrected chi connectivity index (χ4v) is 0.750. The van der Waals surface area contributed by atoms with Crippen molar-refractivity contribution in [1.82, 2.24) is 4.90 Å². The average molecular weight is 215 g/mol. The number of ether oxygens (including phenoxy) is 1. The molecule has 0 radical (unpaired) electrons. The minimum atomic E-state index is -0.394. The van der Waals surface area contributed by atoms with Crippen LogP contribution < -0.4 is 0 Å².